The quantitative estimate of drug-likeness (QED) is 0.707. The third-order valence-corrected chi connectivity index (χ3v) is 3.01. The van der Waals surface area contributed by atoms with E-state index in [9.17, 15) is 18.3 Å². The summed E-state index contributed by atoms with van der Waals surface area (Å²) in [5.74, 6) is -0.790. The van der Waals surface area contributed by atoms with Crippen LogP contribution in [-0.4, -0.2) is 32.1 Å². The first-order valence-corrected chi connectivity index (χ1v) is 6.01. The van der Waals surface area contributed by atoms with Gasteiger partial charge in [0.05, 0.1) is 6.54 Å². The summed E-state index contributed by atoms with van der Waals surface area (Å²) in [4.78, 5) is 10.9. The Labute approximate surface area is 87.4 Å². The van der Waals surface area contributed by atoms with E-state index in [1.807, 2.05) is 0 Å². The van der Waals surface area contributed by atoms with Gasteiger partial charge in [-0.2, -0.15) is 0 Å². The van der Waals surface area contributed by atoms with Crippen LogP contribution in [0.3, 0.4) is 0 Å². The van der Waals surface area contributed by atoms with Crippen LogP contribution in [0.4, 0.5) is 0 Å². The maximum atomic E-state index is 11.1. The predicted octanol–water partition coefficient (Wildman–Crippen LogP) is -0.0629. The summed E-state index contributed by atoms with van der Waals surface area (Å²) in [6.07, 6.45) is 0.979. The lowest BCUT2D eigenvalue weighted by Gasteiger charge is -2.04. The average molecular weight is 229 g/mol. The molecule has 3 N–H and O–H groups in total. The zero-order valence-electron chi connectivity index (χ0n) is 8.10. The first-order valence-electron chi connectivity index (χ1n) is 4.12. The average Bonchev–Trinajstić information content (AvgIpc) is 2.14. The Kier molecular flexibility index (Phi) is 3.11. The number of ketones is 1. The number of benzene rings is 1. The standard InChI is InChI=1S/C9H11NO4S/c1-15(13,14)9-3-2-6(4-7(9)11)8(12)5-10/h2-4,11H,5,10H2,1H3. The monoisotopic (exact) mass is 229 g/mol. The number of phenols is 1. The Morgan fingerprint density at radius 2 is 2.07 bits per heavy atom. The van der Waals surface area contributed by atoms with Crippen molar-refractivity contribution in [2.75, 3.05) is 12.8 Å². The molecule has 1 aromatic rings. The Morgan fingerprint density at radius 3 is 2.47 bits per heavy atom. The molecule has 5 nitrogen and oxygen atoms in total. The van der Waals surface area contributed by atoms with Crippen molar-refractivity contribution in [3.05, 3.63) is 23.8 Å². The maximum absolute atomic E-state index is 11.1. The summed E-state index contributed by atoms with van der Waals surface area (Å²) in [7, 11) is -3.48. The van der Waals surface area contributed by atoms with Crippen LogP contribution in [0.25, 0.3) is 0 Å². The number of carbonyl (C=O) groups is 1. The van der Waals surface area contributed by atoms with Gasteiger partial charge in [0, 0.05) is 11.8 Å². The maximum Gasteiger partial charge on any atom is 0.179 e. The van der Waals surface area contributed by atoms with E-state index in [-0.39, 0.29) is 22.8 Å². The lowest BCUT2D eigenvalue weighted by atomic mass is 10.1. The highest BCUT2D eigenvalue weighted by Crippen LogP contribution is 2.23. The molecule has 0 aliphatic carbocycles. The summed E-state index contributed by atoms with van der Waals surface area (Å²) < 4.78 is 22.3. The number of carbonyl (C=O) groups excluding carboxylic acids is 1. The molecule has 0 radical (unpaired) electrons. The number of sulfone groups is 1. The molecule has 0 amide bonds. The summed E-state index contributed by atoms with van der Waals surface area (Å²) in [5.41, 5.74) is 5.33. The molecular formula is C9H11NO4S. The number of aromatic hydroxyl groups is 1. The van der Waals surface area contributed by atoms with E-state index in [0.717, 1.165) is 12.3 Å². The Bertz CT molecular complexity index is 493. The van der Waals surface area contributed by atoms with Crippen molar-refractivity contribution in [3.8, 4) is 5.75 Å². The van der Waals surface area contributed by atoms with Gasteiger partial charge in [-0.1, -0.05) is 0 Å². The van der Waals surface area contributed by atoms with E-state index >= 15 is 0 Å². The third kappa shape index (κ3) is 2.54. The topological polar surface area (TPSA) is 97.5 Å². The fourth-order valence-electron chi connectivity index (χ4n) is 1.12. The number of nitrogens with two attached hydrogens (primary N) is 1. The summed E-state index contributed by atoms with van der Waals surface area (Å²) in [5, 5.41) is 9.40. The summed E-state index contributed by atoms with van der Waals surface area (Å²) in [6.45, 7) is -0.183. The number of Topliss-reactive ketones (excluding diaryl/α,β-unsaturated/α-hetero) is 1. The highest BCUT2D eigenvalue weighted by molar-refractivity contribution is 7.90. The zero-order valence-corrected chi connectivity index (χ0v) is 8.91. The van der Waals surface area contributed by atoms with Crippen LogP contribution in [0.5, 0.6) is 5.75 Å². The van der Waals surface area contributed by atoms with Crippen molar-refractivity contribution < 1.29 is 18.3 Å². The van der Waals surface area contributed by atoms with Gasteiger partial charge in [-0.05, 0) is 18.2 Å². The van der Waals surface area contributed by atoms with Crippen LogP contribution < -0.4 is 5.73 Å². The summed E-state index contributed by atoms with van der Waals surface area (Å²) >= 11 is 0. The van der Waals surface area contributed by atoms with Crippen molar-refractivity contribution >= 4 is 15.6 Å². The molecule has 0 unspecified atom stereocenters. The third-order valence-electron chi connectivity index (χ3n) is 1.87. The number of hydrogen-bond acceptors (Lipinski definition) is 5. The fraction of sp³-hybridized carbons (Fsp3) is 0.222. The van der Waals surface area contributed by atoms with E-state index in [4.69, 9.17) is 5.73 Å². The van der Waals surface area contributed by atoms with E-state index in [0.29, 0.717) is 0 Å². The number of rotatable bonds is 3. The van der Waals surface area contributed by atoms with Crippen molar-refractivity contribution in [3.63, 3.8) is 0 Å². The Morgan fingerprint density at radius 1 is 1.47 bits per heavy atom. The molecule has 0 atom stereocenters. The van der Waals surface area contributed by atoms with Crippen LogP contribution >= 0.6 is 0 Å². The van der Waals surface area contributed by atoms with Crippen molar-refractivity contribution in [1.82, 2.24) is 0 Å². The molecule has 0 aliphatic heterocycles. The van der Waals surface area contributed by atoms with Gasteiger partial charge in [0.2, 0.25) is 0 Å². The normalized spacial score (nSPS) is 11.3. The number of phenolic OH excluding ortho intramolecular Hbond substituents is 1. The van der Waals surface area contributed by atoms with Crippen molar-refractivity contribution in [1.29, 1.82) is 0 Å². The van der Waals surface area contributed by atoms with Crippen LogP contribution in [0.1, 0.15) is 10.4 Å². The zero-order chi connectivity index (χ0) is 11.6. The fourth-order valence-corrected chi connectivity index (χ4v) is 1.88. The Balaban J connectivity index is 3.27. The minimum Gasteiger partial charge on any atom is -0.507 e. The molecule has 0 spiro atoms. The van der Waals surface area contributed by atoms with Crippen LogP contribution in [0.15, 0.2) is 23.1 Å². The SMILES string of the molecule is CS(=O)(=O)c1ccc(C(=O)CN)cc1O. The molecular weight excluding hydrogens is 218 g/mol. The molecule has 6 heteroatoms. The molecule has 1 rings (SSSR count). The first kappa shape index (κ1) is 11.7. The van der Waals surface area contributed by atoms with Gasteiger partial charge in [-0.15, -0.1) is 0 Å². The minimum atomic E-state index is -3.48. The predicted molar refractivity (Wildman–Crippen MR) is 54.6 cm³/mol. The largest absolute Gasteiger partial charge is 0.507 e. The van der Waals surface area contributed by atoms with Crippen LogP contribution in [-0.2, 0) is 9.84 Å². The van der Waals surface area contributed by atoms with Gasteiger partial charge >= 0.3 is 0 Å². The van der Waals surface area contributed by atoms with E-state index < -0.39 is 15.6 Å². The lowest BCUT2D eigenvalue weighted by Crippen LogP contribution is -2.13. The Hall–Kier alpha value is -1.40. The molecule has 0 fully saturated rings. The molecule has 0 bridgehead atoms. The second-order valence-corrected chi connectivity index (χ2v) is 5.07. The summed E-state index contributed by atoms with van der Waals surface area (Å²) in [6, 6.07) is 3.62. The van der Waals surface area contributed by atoms with Crippen LogP contribution in [0.2, 0.25) is 0 Å². The highest BCUT2D eigenvalue weighted by Gasteiger charge is 2.14. The highest BCUT2D eigenvalue weighted by atomic mass is 32.2. The van der Waals surface area contributed by atoms with Crippen molar-refractivity contribution in [2.45, 2.75) is 4.90 Å². The minimum absolute atomic E-state index is 0.183. The van der Waals surface area contributed by atoms with Gasteiger partial charge in [0.15, 0.2) is 15.6 Å². The molecule has 82 valence electrons. The van der Waals surface area contributed by atoms with E-state index in [1.165, 1.54) is 12.1 Å². The molecule has 0 aliphatic rings. The van der Waals surface area contributed by atoms with Gasteiger partial charge in [-0.25, -0.2) is 8.42 Å². The van der Waals surface area contributed by atoms with Gasteiger partial charge < -0.3 is 10.8 Å². The van der Waals surface area contributed by atoms with Gasteiger partial charge in [0.1, 0.15) is 10.6 Å². The molecule has 0 saturated heterocycles. The first-order chi connectivity index (χ1) is 6.86. The van der Waals surface area contributed by atoms with E-state index in [2.05, 4.69) is 0 Å². The number of hydrogen-bond donors (Lipinski definition) is 2. The molecule has 1 aromatic carbocycles. The lowest BCUT2D eigenvalue weighted by molar-refractivity contribution is 0.100. The molecule has 0 saturated carbocycles. The van der Waals surface area contributed by atoms with Crippen molar-refractivity contribution in [2.24, 2.45) is 5.73 Å². The second kappa shape index (κ2) is 4.00. The molecule has 0 aromatic heterocycles. The second-order valence-electron chi connectivity index (χ2n) is 3.08. The molecule has 15 heavy (non-hydrogen) atoms. The van der Waals surface area contributed by atoms with Gasteiger partial charge in [-0.3, -0.25) is 4.79 Å². The smallest absolute Gasteiger partial charge is 0.179 e. The van der Waals surface area contributed by atoms with Crippen LogP contribution in [0, 0.1) is 0 Å². The van der Waals surface area contributed by atoms with E-state index in [1.54, 1.807) is 0 Å². The molecule has 0 heterocycles. The van der Waals surface area contributed by atoms with Gasteiger partial charge in [0.25, 0.3) is 0 Å².